The van der Waals surface area contributed by atoms with Gasteiger partial charge in [-0.3, -0.25) is 14.5 Å². The van der Waals surface area contributed by atoms with Crippen LogP contribution in [0.2, 0.25) is 5.02 Å². The lowest BCUT2D eigenvalue weighted by atomic mass is 9.95. The van der Waals surface area contributed by atoms with Crippen LogP contribution in [0.25, 0.3) is 0 Å². The molecule has 0 saturated carbocycles. The normalized spacial score (nSPS) is 14.7. The zero-order chi connectivity index (χ0) is 30.6. The quantitative estimate of drug-likeness (QED) is 0.0888. The maximum absolute atomic E-state index is 13.6. The van der Waals surface area contributed by atoms with Gasteiger partial charge in [0.25, 0.3) is 5.91 Å². The molecule has 2 aromatic heterocycles. The van der Waals surface area contributed by atoms with Gasteiger partial charge in [0.05, 0.1) is 25.0 Å². The summed E-state index contributed by atoms with van der Waals surface area (Å²) in [6.45, 7) is 0.314. The van der Waals surface area contributed by atoms with Gasteiger partial charge >= 0.3 is 0 Å². The molecular weight excluding hydrogens is 622 g/mol. The minimum atomic E-state index is -1.04. The average molecular weight is 646 g/mol. The number of hydrogen-bond acceptors (Lipinski definition) is 10. The van der Waals surface area contributed by atoms with Crippen LogP contribution in [0.4, 0.5) is 5.13 Å². The first kappa shape index (κ1) is 29.5. The van der Waals surface area contributed by atoms with Crippen molar-refractivity contribution in [2.24, 2.45) is 0 Å². The van der Waals surface area contributed by atoms with E-state index in [0.717, 1.165) is 11.1 Å². The van der Waals surface area contributed by atoms with Crippen molar-refractivity contribution in [2.45, 2.75) is 22.7 Å². The minimum absolute atomic E-state index is 0.0162. The number of methoxy groups -OCH3 is 1. The van der Waals surface area contributed by atoms with Crippen molar-refractivity contribution < 1.29 is 28.6 Å². The molecule has 0 radical (unpaired) electrons. The van der Waals surface area contributed by atoms with E-state index in [1.54, 1.807) is 24.3 Å². The second-order valence-corrected chi connectivity index (χ2v) is 12.2. The van der Waals surface area contributed by atoms with Gasteiger partial charge in [0.15, 0.2) is 27.4 Å². The summed E-state index contributed by atoms with van der Waals surface area (Å²) in [5.41, 5.74) is 2.37. The van der Waals surface area contributed by atoms with E-state index in [9.17, 15) is 14.7 Å². The van der Waals surface area contributed by atoms with E-state index in [1.165, 1.54) is 47.4 Å². The average Bonchev–Trinajstić information content (AvgIpc) is 3.81. The number of carbonyl (C=O) groups excluding carboxylic acids is 2. The number of Topliss-reactive ketones (excluding diaryl/α,β-unsaturated/α-hetero) is 1. The van der Waals surface area contributed by atoms with Crippen LogP contribution in [0.1, 0.15) is 33.3 Å². The van der Waals surface area contributed by atoms with E-state index in [4.69, 9.17) is 25.5 Å². The number of amides is 1. The molecule has 6 rings (SSSR count). The molecule has 9 nitrogen and oxygen atoms in total. The molecule has 44 heavy (non-hydrogen) atoms. The predicted molar refractivity (Wildman–Crippen MR) is 168 cm³/mol. The Morgan fingerprint density at radius 1 is 1.02 bits per heavy atom. The number of hydrogen-bond donors (Lipinski definition) is 1. The van der Waals surface area contributed by atoms with Gasteiger partial charge in [0.2, 0.25) is 10.9 Å². The van der Waals surface area contributed by atoms with Gasteiger partial charge < -0.3 is 19.0 Å². The third-order valence-corrected chi connectivity index (χ3v) is 9.19. The van der Waals surface area contributed by atoms with Crippen LogP contribution >= 0.6 is 34.7 Å². The predicted octanol–water partition coefficient (Wildman–Crippen LogP) is 7.45. The fourth-order valence-electron chi connectivity index (χ4n) is 4.68. The van der Waals surface area contributed by atoms with E-state index < -0.39 is 23.5 Å². The first-order valence-corrected chi connectivity index (χ1v) is 15.5. The monoisotopic (exact) mass is 645 g/mol. The van der Waals surface area contributed by atoms with E-state index >= 15 is 0 Å². The van der Waals surface area contributed by atoms with Crippen LogP contribution < -0.4 is 14.4 Å². The molecule has 5 aromatic rings. The number of thioether (sulfide) groups is 1. The molecule has 3 heterocycles. The lowest BCUT2D eigenvalue weighted by Gasteiger charge is -2.24. The molecule has 0 bridgehead atoms. The molecule has 1 aliphatic heterocycles. The van der Waals surface area contributed by atoms with Gasteiger partial charge in [-0.1, -0.05) is 83.2 Å². The first-order chi connectivity index (χ1) is 21.4. The molecule has 1 amide bonds. The number of aliphatic hydroxyl groups is 1. The Morgan fingerprint density at radius 2 is 1.82 bits per heavy atom. The van der Waals surface area contributed by atoms with Crippen LogP contribution in [0.3, 0.4) is 0 Å². The summed E-state index contributed by atoms with van der Waals surface area (Å²) < 4.78 is 17.6. The maximum Gasteiger partial charge on any atom is 0.296 e. The highest BCUT2D eigenvalue weighted by molar-refractivity contribution is 8.00. The molecule has 222 valence electrons. The van der Waals surface area contributed by atoms with E-state index in [1.807, 2.05) is 54.6 Å². The second kappa shape index (κ2) is 13.0. The van der Waals surface area contributed by atoms with Gasteiger partial charge in [-0.25, -0.2) is 0 Å². The molecule has 0 saturated heterocycles. The summed E-state index contributed by atoms with van der Waals surface area (Å²) in [5, 5.41) is 20.5. The Bertz CT molecular complexity index is 1820. The van der Waals surface area contributed by atoms with E-state index in [0.29, 0.717) is 38.8 Å². The highest BCUT2D eigenvalue weighted by atomic mass is 35.5. The SMILES string of the molecule is COc1cc(C2C(C(=O)c3ccco3)=C(O)C(=O)N2c2nnc(SCc3ccc(Cl)cc3)s2)ccc1OCc1ccccc1. The molecular formula is C32H24ClN3O6S2. The van der Waals surface area contributed by atoms with Crippen molar-refractivity contribution in [3.63, 3.8) is 0 Å². The highest BCUT2D eigenvalue weighted by Crippen LogP contribution is 2.45. The summed E-state index contributed by atoms with van der Waals surface area (Å²) in [7, 11) is 1.50. The number of furan rings is 1. The molecule has 1 atom stereocenters. The van der Waals surface area contributed by atoms with Gasteiger partial charge in [-0.05, 0) is 53.1 Å². The van der Waals surface area contributed by atoms with E-state index in [2.05, 4.69) is 10.2 Å². The van der Waals surface area contributed by atoms with Gasteiger partial charge in [0.1, 0.15) is 6.61 Å². The molecule has 1 aliphatic rings. The van der Waals surface area contributed by atoms with E-state index in [-0.39, 0.29) is 16.5 Å². The number of halogens is 1. The number of benzene rings is 3. The Hall–Kier alpha value is -4.58. The molecule has 0 aliphatic carbocycles. The number of anilines is 1. The van der Waals surface area contributed by atoms with Gasteiger partial charge in [0, 0.05) is 10.8 Å². The number of nitrogens with zero attached hydrogens (tertiary/aromatic N) is 3. The van der Waals surface area contributed by atoms with Gasteiger partial charge in [-0.15, -0.1) is 10.2 Å². The molecule has 3 aromatic carbocycles. The fourth-order valence-corrected chi connectivity index (χ4v) is 6.63. The second-order valence-electron chi connectivity index (χ2n) is 9.60. The minimum Gasteiger partial charge on any atom is -0.503 e. The summed E-state index contributed by atoms with van der Waals surface area (Å²) >= 11 is 8.62. The molecule has 12 heteroatoms. The van der Waals surface area contributed by atoms with Crippen LogP contribution in [-0.2, 0) is 17.2 Å². The lowest BCUT2D eigenvalue weighted by molar-refractivity contribution is -0.117. The topological polar surface area (TPSA) is 115 Å². The summed E-state index contributed by atoms with van der Waals surface area (Å²) in [4.78, 5) is 28.4. The number of aromatic nitrogens is 2. The molecule has 0 fully saturated rings. The Balaban J connectivity index is 1.33. The molecule has 1 N–H and O–H groups in total. The standard InChI is InChI=1S/C32H24ClN3O6S2/c1-40-25-16-21(11-14-23(25)42-17-19-6-3-2-4-7-19)27-26(28(37)24-8-5-15-41-24)29(38)30(39)36(27)31-34-35-32(44-31)43-18-20-9-12-22(33)13-10-20/h2-16,27,38H,17-18H2,1H3. The van der Waals surface area contributed by atoms with Crippen molar-refractivity contribution >= 4 is 51.5 Å². The van der Waals surface area contributed by atoms with Crippen LogP contribution in [0.15, 0.2) is 111 Å². The largest absolute Gasteiger partial charge is 0.503 e. The van der Waals surface area contributed by atoms with Crippen LogP contribution in [-0.4, -0.2) is 34.1 Å². The van der Waals surface area contributed by atoms with Crippen molar-refractivity contribution in [2.75, 3.05) is 12.0 Å². The smallest absolute Gasteiger partial charge is 0.296 e. The number of rotatable bonds is 11. The molecule has 1 unspecified atom stereocenters. The third kappa shape index (κ3) is 6.07. The maximum atomic E-state index is 13.6. The molecule has 0 spiro atoms. The summed E-state index contributed by atoms with van der Waals surface area (Å²) in [5.74, 6) is -0.644. The zero-order valence-corrected chi connectivity index (χ0v) is 25.6. The van der Waals surface area contributed by atoms with Crippen LogP contribution in [0, 0.1) is 0 Å². The van der Waals surface area contributed by atoms with Crippen molar-refractivity contribution in [3.8, 4) is 11.5 Å². The highest BCUT2D eigenvalue weighted by Gasteiger charge is 2.47. The van der Waals surface area contributed by atoms with Crippen molar-refractivity contribution in [1.82, 2.24) is 10.2 Å². The Kier molecular flexibility index (Phi) is 8.69. The number of ketones is 1. The third-order valence-electron chi connectivity index (χ3n) is 6.82. The number of ether oxygens (including phenoxy) is 2. The summed E-state index contributed by atoms with van der Waals surface area (Å²) in [6.07, 6.45) is 1.35. The first-order valence-electron chi connectivity index (χ1n) is 13.3. The van der Waals surface area contributed by atoms with Crippen molar-refractivity contribution in [3.05, 3.63) is 130 Å². The zero-order valence-electron chi connectivity index (χ0n) is 23.2. The number of aliphatic hydroxyl groups excluding tert-OH is 1. The Morgan fingerprint density at radius 3 is 2.55 bits per heavy atom. The van der Waals surface area contributed by atoms with Crippen molar-refractivity contribution in [1.29, 1.82) is 0 Å². The fraction of sp³-hybridized carbons (Fsp3) is 0.125. The summed E-state index contributed by atoms with van der Waals surface area (Å²) in [6, 6.07) is 24.3. The Labute approximate surface area is 265 Å². The van der Waals surface area contributed by atoms with Crippen LogP contribution in [0.5, 0.6) is 11.5 Å². The number of carbonyl (C=O) groups is 2. The lowest BCUT2D eigenvalue weighted by Crippen LogP contribution is -2.31. The van der Waals surface area contributed by atoms with Gasteiger partial charge in [-0.2, -0.15) is 0 Å².